The number of nitrogens with zero attached hydrogens (tertiary/aromatic N) is 1. The smallest absolute Gasteiger partial charge is 1.00 e. The maximum atomic E-state index is 11.3. The number of thiophene rings is 2. The Morgan fingerprint density at radius 2 is 0.756 bits per heavy atom. The number of pyridine rings is 1. The molecule has 8 heteroatoms. The molecule has 0 aliphatic rings. The second kappa shape index (κ2) is 15.2. The van der Waals surface area contributed by atoms with E-state index >= 15 is 0 Å². The van der Waals surface area contributed by atoms with Crippen LogP contribution in [0.3, 0.4) is 0 Å². The molecule has 0 aliphatic heterocycles. The van der Waals surface area contributed by atoms with E-state index in [1.165, 1.54) is 22.7 Å². The molecule has 0 radical (unpaired) electrons. The molecule has 0 bridgehead atoms. The van der Waals surface area contributed by atoms with Crippen molar-refractivity contribution in [2.75, 3.05) is 0 Å². The summed E-state index contributed by atoms with van der Waals surface area (Å²) in [4.78, 5) is 6.75. The van der Waals surface area contributed by atoms with E-state index in [9.17, 15) is 10.2 Å². The maximum Gasteiger partial charge on any atom is 2.00 e. The van der Waals surface area contributed by atoms with Crippen molar-refractivity contribution in [2.24, 2.45) is 0 Å². The zero-order valence-corrected chi connectivity index (χ0v) is 29.3. The van der Waals surface area contributed by atoms with Crippen molar-refractivity contribution in [2.45, 2.75) is 0 Å². The van der Waals surface area contributed by atoms with E-state index in [1.54, 1.807) is 0 Å². The molecule has 0 amide bonds. The van der Waals surface area contributed by atoms with E-state index in [1.807, 2.05) is 138 Å². The van der Waals surface area contributed by atoms with Crippen LogP contribution in [0.2, 0.25) is 0 Å². The van der Waals surface area contributed by atoms with Crippen LogP contribution in [0.4, 0.5) is 0 Å². The van der Waals surface area contributed by atoms with Crippen molar-refractivity contribution in [1.29, 1.82) is 0 Å². The van der Waals surface area contributed by atoms with Crippen LogP contribution >= 0.6 is 22.7 Å². The summed E-state index contributed by atoms with van der Waals surface area (Å²) in [7, 11) is 0. The third-order valence-electron chi connectivity index (χ3n) is 7.34. The average Bonchev–Trinajstić information content (AvgIpc) is 3.64. The number of hydrogen-bond donors (Lipinski definition) is 2. The molecule has 3 aromatic heterocycles. The molecule has 7 aromatic rings. The molecule has 3 heterocycles. The first-order valence-corrected chi connectivity index (χ1v) is 15.3. The second-order valence-electron chi connectivity index (χ2n) is 9.89. The predicted molar refractivity (Wildman–Crippen MR) is 176 cm³/mol. The first kappa shape index (κ1) is 34.4. The molecule has 3 nitrogen and oxygen atoms in total. The summed E-state index contributed by atoms with van der Waals surface area (Å²) in [6, 6.07) is 42.1. The molecular weight excluding hydrogens is 717 g/mol. The Labute approximate surface area is 301 Å². The monoisotopic (exact) mass is 739 g/mol. The maximum absolute atomic E-state index is 11.3. The van der Waals surface area contributed by atoms with Crippen LogP contribution in [0.1, 0.15) is 0 Å². The summed E-state index contributed by atoms with van der Waals surface area (Å²) in [5, 5.41) is 26.6. The molecule has 45 heavy (non-hydrogen) atoms. The van der Waals surface area contributed by atoms with Crippen LogP contribution in [0.5, 0.6) is 11.5 Å². The molecule has 0 saturated carbocycles. The van der Waals surface area contributed by atoms with E-state index in [0.29, 0.717) is 0 Å². The Morgan fingerprint density at radius 3 is 1.16 bits per heavy atom. The van der Waals surface area contributed by atoms with Gasteiger partial charge in [0.05, 0.1) is 21.1 Å². The summed E-state index contributed by atoms with van der Waals surface area (Å²) in [5.41, 5.74) is 9.00. The molecule has 4 aromatic carbocycles. The largest absolute Gasteiger partial charge is 2.00 e. The standard InChI is InChI=1S/C37H25NO2S2.2ClH.Zr/c39-34-30(24-12-3-1-4-13-24)22-41-36(34)28-18-9-7-16-26(28)32-20-11-21-33(38-32)27-17-8-10-19-29(27)37-35(40)31(23-42-37)25-14-5-2-6-15-25;;;/h1-23,39-40H;2*1H;/q;;;+2/p-2. The quantitative estimate of drug-likeness (QED) is 0.262. The van der Waals surface area contributed by atoms with Gasteiger partial charge in [-0.3, -0.25) is 0 Å². The zero-order chi connectivity index (χ0) is 28.5. The van der Waals surface area contributed by atoms with Gasteiger partial charge in [0.15, 0.2) is 0 Å². The fourth-order valence-corrected chi connectivity index (χ4v) is 7.29. The van der Waals surface area contributed by atoms with Crippen molar-refractivity contribution < 1.29 is 61.2 Å². The molecule has 0 spiro atoms. The van der Waals surface area contributed by atoms with Crippen LogP contribution in [-0.2, 0) is 26.2 Å². The summed E-state index contributed by atoms with van der Waals surface area (Å²) < 4.78 is 0. The summed E-state index contributed by atoms with van der Waals surface area (Å²) in [6.07, 6.45) is 0. The van der Waals surface area contributed by atoms with Gasteiger partial charge in [0.2, 0.25) is 0 Å². The van der Waals surface area contributed by atoms with Gasteiger partial charge in [-0.15, -0.1) is 22.7 Å². The molecule has 0 saturated heterocycles. The first-order chi connectivity index (χ1) is 20.7. The fraction of sp³-hybridized carbons (Fsp3) is 0. The van der Waals surface area contributed by atoms with E-state index in [-0.39, 0.29) is 62.5 Å². The molecule has 0 fully saturated rings. The number of hydrogen-bond acceptors (Lipinski definition) is 5. The molecule has 2 N–H and O–H groups in total. The Hall–Kier alpha value is -3.51. The number of rotatable bonds is 6. The Bertz CT molecular complexity index is 1890. The van der Waals surface area contributed by atoms with Gasteiger partial charge < -0.3 is 35.0 Å². The minimum atomic E-state index is 0. The molecule has 0 aliphatic carbocycles. The van der Waals surface area contributed by atoms with Crippen LogP contribution < -0.4 is 24.8 Å². The minimum absolute atomic E-state index is 0. The summed E-state index contributed by atoms with van der Waals surface area (Å²) >= 11 is 3.06. The van der Waals surface area contributed by atoms with E-state index in [4.69, 9.17) is 4.98 Å². The van der Waals surface area contributed by atoms with Crippen LogP contribution in [-0.4, -0.2) is 15.2 Å². The first-order valence-electron chi connectivity index (χ1n) is 13.6. The topological polar surface area (TPSA) is 53.4 Å². The van der Waals surface area contributed by atoms with Crippen molar-refractivity contribution in [3.63, 3.8) is 0 Å². The third kappa shape index (κ3) is 6.72. The predicted octanol–water partition coefficient (Wildman–Crippen LogP) is 4.62. The zero-order valence-electron chi connectivity index (χ0n) is 23.7. The summed E-state index contributed by atoms with van der Waals surface area (Å²) in [6.45, 7) is 0. The average molecular weight is 742 g/mol. The van der Waals surface area contributed by atoms with Crippen molar-refractivity contribution >= 4 is 22.7 Å². The minimum Gasteiger partial charge on any atom is -1.00 e. The van der Waals surface area contributed by atoms with Crippen molar-refractivity contribution in [1.82, 2.24) is 4.98 Å². The van der Waals surface area contributed by atoms with Gasteiger partial charge in [0.25, 0.3) is 0 Å². The molecule has 7 rings (SSSR count). The van der Waals surface area contributed by atoms with Gasteiger partial charge in [-0.25, -0.2) is 4.98 Å². The number of aromatic nitrogens is 1. The normalized spacial score (nSPS) is 10.3. The van der Waals surface area contributed by atoms with Gasteiger partial charge in [-0.2, -0.15) is 0 Å². The Morgan fingerprint density at radius 1 is 0.400 bits per heavy atom. The molecule has 0 unspecified atom stereocenters. The van der Waals surface area contributed by atoms with Gasteiger partial charge in [0.1, 0.15) is 11.5 Å². The van der Waals surface area contributed by atoms with E-state index in [2.05, 4.69) is 0 Å². The van der Waals surface area contributed by atoms with E-state index in [0.717, 1.165) is 65.6 Å². The van der Waals surface area contributed by atoms with Gasteiger partial charge >= 0.3 is 26.2 Å². The molecular formula is C37H25Cl2NO2S2Zr. The van der Waals surface area contributed by atoms with E-state index < -0.39 is 0 Å². The van der Waals surface area contributed by atoms with Crippen LogP contribution in [0, 0.1) is 0 Å². The Balaban J connectivity index is 0.00000154. The molecule has 220 valence electrons. The number of halogens is 2. The number of aromatic hydroxyl groups is 2. The third-order valence-corrected chi connectivity index (χ3v) is 9.35. The van der Waals surface area contributed by atoms with Gasteiger partial charge in [-0.05, 0) is 23.3 Å². The van der Waals surface area contributed by atoms with Crippen LogP contribution in [0.25, 0.3) is 65.6 Å². The van der Waals surface area contributed by atoms with Crippen molar-refractivity contribution in [3.05, 3.63) is 138 Å². The second-order valence-corrected chi connectivity index (χ2v) is 11.6. The number of benzene rings is 4. The van der Waals surface area contributed by atoms with Gasteiger partial charge in [0, 0.05) is 44.1 Å². The van der Waals surface area contributed by atoms with Crippen molar-refractivity contribution in [3.8, 4) is 77.1 Å². The SMILES string of the molecule is Oc1c(-c2ccccc2)csc1-c1ccccc1-c1cccc(-c2ccccc2-c2scc(-c3ccccc3)c2O)n1.[Cl-].[Cl-].[Zr+2]. The Kier molecular flexibility index (Phi) is 11.6. The van der Waals surface area contributed by atoms with Gasteiger partial charge in [-0.1, -0.05) is 115 Å². The summed E-state index contributed by atoms with van der Waals surface area (Å²) in [5.74, 6) is 0.560. The van der Waals surface area contributed by atoms with Crippen LogP contribution in [0.15, 0.2) is 138 Å². The fourth-order valence-electron chi connectivity index (χ4n) is 5.27. The molecule has 0 atom stereocenters.